The Bertz CT molecular complexity index is 1940. The van der Waals surface area contributed by atoms with Gasteiger partial charge in [-0.2, -0.15) is 4.57 Å². The molecular formula is C30H26N8O8S2. The van der Waals surface area contributed by atoms with Crippen LogP contribution in [0.3, 0.4) is 0 Å². The van der Waals surface area contributed by atoms with Crippen LogP contribution in [0.2, 0.25) is 0 Å². The molecule has 6 rings (SSSR count). The van der Waals surface area contributed by atoms with Gasteiger partial charge in [0.1, 0.15) is 28.5 Å². The molecule has 4 amide bonds. The van der Waals surface area contributed by atoms with Crippen LogP contribution in [-0.4, -0.2) is 79.2 Å². The minimum absolute atomic E-state index is 0.0124. The topological polar surface area (TPSA) is 235 Å². The van der Waals surface area contributed by atoms with Crippen molar-refractivity contribution in [2.24, 2.45) is 5.16 Å². The van der Waals surface area contributed by atoms with Gasteiger partial charge in [0.15, 0.2) is 23.2 Å². The lowest BCUT2D eigenvalue weighted by molar-refractivity contribution is -0.683. The van der Waals surface area contributed by atoms with Crippen molar-refractivity contribution in [2.45, 2.75) is 24.4 Å². The molecule has 3 aliphatic heterocycles. The minimum Gasteiger partial charge on any atom is -0.543 e. The Balaban J connectivity index is 1.14. The van der Waals surface area contributed by atoms with Crippen LogP contribution in [0.25, 0.3) is 0 Å². The summed E-state index contributed by atoms with van der Waals surface area (Å²) < 4.78 is 1.61. The number of aliphatic carboxylic acids is 1. The number of nitrogens with zero attached hydrogens (tertiary/aromatic N) is 5. The van der Waals surface area contributed by atoms with Gasteiger partial charge in [0, 0.05) is 35.0 Å². The van der Waals surface area contributed by atoms with E-state index in [0.717, 1.165) is 16.2 Å². The number of thioether (sulfide) groups is 1. The third-order valence-electron chi connectivity index (χ3n) is 7.66. The van der Waals surface area contributed by atoms with Gasteiger partial charge in [0.2, 0.25) is 6.54 Å². The first kappa shape index (κ1) is 32.2. The molecule has 2 atom stereocenters. The molecule has 18 heteroatoms. The van der Waals surface area contributed by atoms with Gasteiger partial charge in [0.25, 0.3) is 23.6 Å². The van der Waals surface area contributed by atoms with E-state index >= 15 is 0 Å². The standard InChI is InChI=1S/C30H26N8O8S2/c31-30-33-20(14-48-30)22(35-46)25(41)34-23-27(43)38-24(29(44)45)16(13-47-28(23)38)10-15-7-9-37(26(15)42)18-2-1-8-36(11-18)12-21(40)32-17-3-5-19(39)6-4-17/h1-6,8,10-11,14,23,28H,7,9,12-13H2,(H6-,31,32,33,34,35,39,40,41,44,45,46). The second-order valence-corrected chi connectivity index (χ2v) is 12.7. The Morgan fingerprint density at radius 1 is 1.21 bits per heavy atom. The van der Waals surface area contributed by atoms with Crippen LogP contribution in [0.1, 0.15) is 12.1 Å². The Morgan fingerprint density at radius 3 is 2.67 bits per heavy atom. The number of phenols is 1. The lowest BCUT2D eigenvalue weighted by atomic mass is 10.0. The second kappa shape index (κ2) is 13.2. The summed E-state index contributed by atoms with van der Waals surface area (Å²) in [5, 5.41) is 40.0. The van der Waals surface area contributed by atoms with E-state index < -0.39 is 40.6 Å². The summed E-state index contributed by atoms with van der Waals surface area (Å²) in [4.78, 5) is 70.6. The lowest BCUT2D eigenvalue weighted by Gasteiger charge is -2.50. The number of fused-ring (bicyclic) bond motifs is 1. The SMILES string of the molecule is Nc1nc(/C(=N/O)C(=O)NC2C(=O)N3C(C(=O)[O-])=C(C=C4CCN(c5ccc[n+](CC(=O)Nc6ccc(O)cc6)c5)C4=O)CSC23)cs1. The fourth-order valence-electron chi connectivity index (χ4n) is 5.44. The van der Waals surface area contributed by atoms with E-state index in [1.54, 1.807) is 41.2 Å². The number of carboxylic acid groups (broad SMARTS) is 1. The maximum atomic E-state index is 13.5. The molecule has 0 bridgehead atoms. The highest BCUT2D eigenvalue weighted by Gasteiger charge is 2.53. The summed E-state index contributed by atoms with van der Waals surface area (Å²) in [6.07, 6.45) is 5.08. The van der Waals surface area contributed by atoms with Crippen LogP contribution in [0, 0.1) is 0 Å². The first-order valence-corrected chi connectivity index (χ1v) is 16.2. The Morgan fingerprint density at radius 2 is 1.98 bits per heavy atom. The van der Waals surface area contributed by atoms with Crippen LogP contribution in [-0.2, 0) is 30.5 Å². The quantitative estimate of drug-likeness (QED) is 0.0358. The van der Waals surface area contributed by atoms with E-state index in [2.05, 4.69) is 20.8 Å². The number of thiazole rings is 1. The number of allylic oxidation sites excluding steroid dienone is 1. The van der Waals surface area contributed by atoms with Crippen LogP contribution in [0.15, 0.2) is 82.2 Å². The summed E-state index contributed by atoms with van der Waals surface area (Å²) in [6.45, 7) is 0.257. The molecule has 246 valence electrons. The number of phenolic OH excluding ortho intramolecular Hbond substituents is 1. The molecule has 48 heavy (non-hydrogen) atoms. The number of amides is 4. The first-order chi connectivity index (χ1) is 23.0. The molecule has 3 aromatic rings. The molecule has 2 fully saturated rings. The minimum atomic E-state index is -1.61. The lowest BCUT2D eigenvalue weighted by Crippen LogP contribution is -2.71. The Labute approximate surface area is 279 Å². The van der Waals surface area contributed by atoms with E-state index in [0.29, 0.717) is 29.9 Å². The van der Waals surface area contributed by atoms with E-state index in [1.165, 1.54) is 40.3 Å². The summed E-state index contributed by atoms with van der Waals surface area (Å²) >= 11 is 2.21. The molecule has 2 aromatic heterocycles. The van der Waals surface area contributed by atoms with Crippen molar-refractivity contribution < 1.29 is 44.0 Å². The van der Waals surface area contributed by atoms with E-state index in [-0.39, 0.29) is 46.3 Å². The third-order valence-corrected chi connectivity index (χ3v) is 9.64. The number of nitrogen functional groups attached to an aromatic ring is 1. The van der Waals surface area contributed by atoms with Gasteiger partial charge >= 0.3 is 0 Å². The fourth-order valence-corrected chi connectivity index (χ4v) is 7.30. The predicted octanol–water partition coefficient (Wildman–Crippen LogP) is -0.697. The maximum Gasteiger partial charge on any atom is 0.290 e. The number of pyridine rings is 1. The number of carbonyl (C=O) groups excluding carboxylic acids is 5. The van der Waals surface area contributed by atoms with Gasteiger partial charge in [-0.15, -0.1) is 23.1 Å². The highest BCUT2D eigenvalue weighted by molar-refractivity contribution is 8.00. The Hall–Kier alpha value is -5.75. The van der Waals surface area contributed by atoms with Gasteiger partial charge in [-0.25, -0.2) is 4.98 Å². The number of aromatic nitrogens is 2. The number of hydrogen-bond donors (Lipinski definition) is 5. The number of hydrogen-bond acceptors (Lipinski definition) is 13. The summed E-state index contributed by atoms with van der Waals surface area (Å²) in [5.74, 6) is -3.73. The number of anilines is 3. The molecule has 0 aliphatic carbocycles. The monoisotopic (exact) mass is 690 g/mol. The average Bonchev–Trinajstić information content (AvgIpc) is 3.65. The molecule has 2 unspecified atom stereocenters. The van der Waals surface area contributed by atoms with Crippen molar-refractivity contribution in [3.63, 3.8) is 0 Å². The van der Waals surface area contributed by atoms with Crippen molar-refractivity contribution in [1.82, 2.24) is 15.2 Å². The van der Waals surface area contributed by atoms with Gasteiger partial charge in [0.05, 0.1) is 11.7 Å². The number of carboxylic acids is 1. The molecule has 0 saturated carbocycles. The van der Waals surface area contributed by atoms with Crippen molar-refractivity contribution in [3.8, 4) is 5.75 Å². The zero-order chi connectivity index (χ0) is 34.1. The van der Waals surface area contributed by atoms with E-state index in [9.17, 15) is 39.4 Å². The number of β-lactam (4-membered cyclic amide) rings is 1. The van der Waals surface area contributed by atoms with Crippen molar-refractivity contribution in [1.29, 1.82) is 0 Å². The van der Waals surface area contributed by atoms with Crippen LogP contribution >= 0.6 is 23.1 Å². The zero-order valence-electron chi connectivity index (χ0n) is 24.7. The molecule has 16 nitrogen and oxygen atoms in total. The van der Waals surface area contributed by atoms with E-state index in [4.69, 9.17) is 5.73 Å². The molecule has 0 radical (unpaired) electrons. The largest absolute Gasteiger partial charge is 0.543 e. The van der Waals surface area contributed by atoms with Gasteiger partial charge in [-0.3, -0.25) is 24.1 Å². The smallest absolute Gasteiger partial charge is 0.290 e. The maximum absolute atomic E-state index is 13.5. The highest BCUT2D eigenvalue weighted by Crippen LogP contribution is 2.41. The van der Waals surface area contributed by atoms with Gasteiger partial charge in [-0.05, 0) is 48.4 Å². The molecule has 6 N–H and O–H groups in total. The molecule has 5 heterocycles. The molecule has 1 aromatic carbocycles. The number of nitrogens with two attached hydrogens (primary N) is 1. The average molecular weight is 691 g/mol. The fraction of sp³-hybridized carbons (Fsp3) is 0.200. The van der Waals surface area contributed by atoms with Gasteiger partial charge < -0.3 is 41.5 Å². The Kier molecular flexibility index (Phi) is 8.83. The first-order valence-electron chi connectivity index (χ1n) is 14.3. The van der Waals surface area contributed by atoms with Crippen LogP contribution in [0.4, 0.5) is 16.5 Å². The van der Waals surface area contributed by atoms with Crippen LogP contribution < -0.4 is 30.9 Å². The van der Waals surface area contributed by atoms with Crippen molar-refractivity contribution >= 4 is 74.9 Å². The summed E-state index contributed by atoms with van der Waals surface area (Å²) in [7, 11) is 0. The molecule has 3 aliphatic rings. The molecular weight excluding hydrogens is 665 g/mol. The number of nitrogens with one attached hydrogen (secondary N) is 2. The van der Waals surface area contributed by atoms with Gasteiger partial charge in [-0.1, -0.05) is 5.16 Å². The van der Waals surface area contributed by atoms with E-state index in [1.807, 2.05) is 0 Å². The molecule has 2 saturated heterocycles. The number of rotatable bonds is 9. The highest BCUT2D eigenvalue weighted by atomic mass is 32.2. The predicted molar refractivity (Wildman–Crippen MR) is 170 cm³/mol. The number of benzene rings is 1. The second-order valence-electron chi connectivity index (χ2n) is 10.7. The number of aromatic hydroxyl groups is 1. The van der Waals surface area contributed by atoms with Crippen LogP contribution in [0.5, 0.6) is 5.75 Å². The van der Waals surface area contributed by atoms with Crippen molar-refractivity contribution in [2.75, 3.05) is 28.2 Å². The third kappa shape index (κ3) is 6.29. The number of carbonyl (C=O) groups is 5. The van der Waals surface area contributed by atoms with Crippen molar-refractivity contribution in [3.05, 3.63) is 82.8 Å². The zero-order valence-corrected chi connectivity index (χ0v) is 26.4. The number of oxime groups is 1. The molecule has 0 spiro atoms. The summed E-state index contributed by atoms with van der Waals surface area (Å²) in [5.41, 5.74) is 6.33. The summed E-state index contributed by atoms with van der Waals surface area (Å²) in [6, 6.07) is 8.33. The normalized spacial score (nSPS) is 20.1.